The van der Waals surface area contributed by atoms with E-state index in [4.69, 9.17) is 0 Å². The SMILES string of the molecule is CCC(CC)C(C)CBr. The Morgan fingerprint density at radius 2 is 1.67 bits per heavy atom. The number of hydrogen-bond donors (Lipinski definition) is 0. The van der Waals surface area contributed by atoms with Crippen molar-refractivity contribution in [3.63, 3.8) is 0 Å². The summed E-state index contributed by atoms with van der Waals surface area (Å²) in [4.78, 5) is 0. The summed E-state index contributed by atoms with van der Waals surface area (Å²) in [5.41, 5.74) is 0. The molecule has 0 aliphatic carbocycles. The van der Waals surface area contributed by atoms with Gasteiger partial charge in [-0.15, -0.1) is 0 Å². The molecule has 9 heavy (non-hydrogen) atoms. The summed E-state index contributed by atoms with van der Waals surface area (Å²) in [6.07, 6.45) is 2.65. The zero-order valence-corrected chi connectivity index (χ0v) is 8.24. The molecule has 1 heteroatoms. The predicted molar refractivity (Wildman–Crippen MR) is 47.0 cm³/mol. The van der Waals surface area contributed by atoms with Gasteiger partial charge < -0.3 is 0 Å². The molecule has 0 saturated heterocycles. The highest BCUT2D eigenvalue weighted by Crippen LogP contribution is 2.20. The smallest absolute Gasteiger partial charge is 0.00596 e. The van der Waals surface area contributed by atoms with Crippen LogP contribution in [-0.2, 0) is 0 Å². The first-order valence-electron chi connectivity index (χ1n) is 3.82. The maximum Gasteiger partial charge on any atom is 0.00596 e. The van der Waals surface area contributed by atoms with Crippen molar-refractivity contribution in [2.75, 3.05) is 5.33 Å². The molecule has 0 bridgehead atoms. The minimum Gasteiger partial charge on any atom is -0.0925 e. The maximum atomic E-state index is 3.50. The van der Waals surface area contributed by atoms with Crippen molar-refractivity contribution in [3.05, 3.63) is 0 Å². The van der Waals surface area contributed by atoms with Gasteiger partial charge in [0.05, 0.1) is 0 Å². The van der Waals surface area contributed by atoms with Crippen molar-refractivity contribution in [2.45, 2.75) is 33.6 Å². The van der Waals surface area contributed by atoms with E-state index in [0.717, 1.165) is 17.2 Å². The molecule has 0 amide bonds. The first kappa shape index (κ1) is 9.48. The zero-order valence-electron chi connectivity index (χ0n) is 6.65. The normalized spacial score (nSPS) is 14.3. The Morgan fingerprint density at radius 3 is 1.78 bits per heavy atom. The van der Waals surface area contributed by atoms with Crippen molar-refractivity contribution in [3.8, 4) is 0 Å². The Kier molecular flexibility index (Phi) is 5.56. The van der Waals surface area contributed by atoms with E-state index in [-0.39, 0.29) is 0 Å². The Balaban J connectivity index is 3.50. The largest absolute Gasteiger partial charge is 0.0925 e. The molecule has 0 aromatic carbocycles. The monoisotopic (exact) mass is 192 g/mol. The third-order valence-corrected chi connectivity index (χ3v) is 3.12. The van der Waals surface area contributed by atoms with Gasteiger partial charge in [0.25, 0.3) is 0 Å². The Bertz CT molecular complexity index is 57.6. The van der Waals surface area contributed by atoms with Gasteiger partial charge >= 0.3 is 0 Å². The van der Waals surface area contributed by atoms with Crippen LogP contribution < -0.4 is 0 Å². The van der Waals surface area contributed by atoms with E-state index in [0.29, 0.717) is 0 Å². The molecule has 0 rings (SSSR count). The standard InChI is InChI=1S/C8H17Br/c1-4-8(5-2)7(3)6-9/h7-8H,4-6H2,1-3H3. The molecule has 0 N–H and O–H groups in total. The van der Waals surface area contributed by atoms with Crippen LogP contribution in [-0.4, -0.2) is 5.33 Å². The minimum absolute atomic E-state index is 0.847. The lowest BCUT2D eigenvalue weighted by atomic mass is 9.91. The molecule has 56 valence electrons. The molecule has 0 saturated carbocycles. The molecule has 0 aliphatic heterocycles. The van der Waals surface area contributed by atoms with E-state index < -0.39 is 0 Å². The third kappa shape index (κ3) is 3.24. The average Bonchev–Trinajstić information content (AvgIpc) is 1.90. The van der Waals surface area contributed by atoms with Crippen molar-refractivity contribution in [1.82, 2.24) is 0 Å². The van der Waals surface area contributed by atoms with Crippen LogP contribution in [0.15, 0.2) is 0 Å². The summed E-state index contributed by atoms with van der Waals surface area (Å²) >= 11 is 3.50. The molecule has 0 aromatic heterocycles. The molecule has 0 spiro atoms. The molecular weight excluding hydrogens is 176 g/mol. The fourth-order valence-corrected chi connectivity index (χ4v) is 1.75. The Hall–Kier alpha value is 0.480. The van der Waals surface area contributed by atoms with E-state index in [2.05, 4.69) is 36.7 Å². The highest BCUT2D eigenvalue weighted by molar-refractivity contribution is 9.09. The second-order valence-electron chi connectivity index (χ2n) is 2.71. The van der Waals surface area contributed by atoms with Crippen molar-refractivity contribution >= 4 is 15.9 Å². The lowest BCUT2D eigenvalue weighted by molar-refractivity contribution is 0.369. The summed E-state index contributed by atoms with van der Waals surface area (Å²) in [7, 11) is 0. The van der Waals surface area contributed by atoms with Crippen LogP contribution in [0, 0.1) is 11.8 Å². The van der Waals surface area contributed by atoms with Crippen LogP contribution in [0.4, 0.5) is 0 Å². The number of halogens is 1. The van der Waals surface area contributed by atoms with Crippen molar-refractivity contribution in [1.29, 1.82) is 0 Å². The molecule has 0 heterocycles. The molecule has 0 fully saturated rings. The summed E-state index contributed by atoms with van der Waals surface area (Å²) < 4.78 is 0. The fourth-order valence-electron chi connectivity index (χ4n) is 1.22. The van der Waals surface area contributed by atoms with Gasteiger partial charge in [-0.05, 0) is 11.8 Å². The van der Waals surface area contributed by atoms with Gasteiger partial charge in [0.1, 0.15) is 0 Å². The summed E-state index contributed by atoms with van der Waals surface area (Å²) in [5.74, 6) is 1.77. The van der Waals surface area contributed by atoms with E-state index in [1.807, 2.05) is 0 Å². The molecule has 0 aromatic rings. The van der Waals surface area contributed by atoms with Crippen LogP contribution in [0.1, 0.15) is 33.6 Å². The minimum atomic E-state index is 0.847. The van der Waals surface area contributed by atoms with Gasteiger partial charge in [-0.25, -0.2) is 0 Å². The van der Waals surface area contributed by atoms with Crippen LogP contribution in [0.2, 0.25) is 0 Å². The van der Waals surface area contributed by atoms with Gasteiger partial charge in [0, 0.05) is 5.33 Å². The number of rotatable bonds is 4. The Morgan fingerprint density at radius 1 is 1.22 bits per heavy atom. The molecule has 0 nitrogen and oxygen atoms in total. The van der Waals surface area contributed by atoms with E-state index in [1.54, 1.807) is 0 Å². The first-order valence-corrected chi connectivity index (χ1v) is 4.94. The van der Waals surface area contributed by atoms with Gasteiger partial charge in [-0.3, -0.25) is 0 Å². The predicted octanol–water partition coefficient (Wildman–Crippen LogP) is 3.45. The van der Waals surface area contributed by atoms with Crippen LogP contribution >= 0.6 is 15.9 Å². The van der Waals surface area contributed by atoms with E-state index >= 15 is 0 Å². The fraction of sp³-hybridized carbons (Fsp3) is 1.00. The van der Waals surface area contributed by atoms with Crippen molar-refractivity contribution in [2.24, 2.45) is 11.8 Å². The van der Waals surface area contributed by atoms with Gasteiger partial charge in [0.15, 0.2) is 0 Å². The van der Waals surface area contributed by atoms with Crippen LogP contribution in [0.5, 0.6) is 0 Å². The Labute approximate surface area is 67.2 Å². The van der Waals surface area contributed by atoms with Crippen LogP contribution in [0.25, 0.3) is 0 Å². The molecule has 1 unspecified atom stereocenters. The second-order valence-corrected chi connectivity index (χ2v) is 3.36. The topological polar surface area (TPSA) is 0 Å². The van der Waals surface area contributed by atoms with Gasteiger partial charge in [0.2, 0.25) is 0 Å². The maximum absolute atomic E-state index is 3.50. The number of alkyl halides is 1. The highest BCUT2D eigenvalue weighted by atomic mass is 79.9. The molecule has 0 aliphatic rings. The highest BCUT2D eigenvalue weighted by Gasteiger charge is 2.10. The van der Waals surface area contributed by atoms with Crippen LogP contribution in [0.3, 0.4) is 0 Å². The molecular formula is C8H17Br. The number of hydrogen-bond acceptors (Lipinski definition) is 0. The lowest BCUT2D eigenvalue weighted by Crippen LogP contribution is -2.10. The first-order chi connectivity index (χ1) is 4.26. The second kappa shape index (κ2) is 5.28. The van der Waals surface area contributed by atoms with Gasteiger partial charge in [-0.2, -0.15) is 0 Å². The zero-order chi connectivity index (χ0) is 7.28. The van der Waals surface area contributed by atoms with Gasteiger partial charge in [-0.1, -0.05) is 49.5 Å². The van der Waals surface area contributed by atoms with Crippen molar-refractivity contribution < 1.29 is 0 Å². The summed E-state index contributed by atoms with van der Waals surface area (Å²) in [6, 6.07) is 0. The summed E-state index contributed by atoms with van der Waals surface area (Å²) in [5, 5.41) is 1.15. The average molecular weight is 193 g/mol. The van der Waals surface area contributed by atoms with E-state index in [1.165, 1.54) is 12.8 Å². The third-order valence-electron chi connectivity index (χ3n) is 2.10. The van der Waals surface area contributed by atoms with E-state index in [9.17, 15) is 0 Å². The quantitative estimate of drug-likeness (QED) is 0.600. The lowest BCUT2D eigenvalue weighted by Gasteiger charge is -2.17. The summed E-state index contributed by atoms with van der Waals surface area (Å²) in [6.45, 7) is 6.85. The molecule has 1 atom stereocenters. The molecule has 0 radical (unpaired) electrons.